The first-order chi connectivity index (χ1) is 6.00. The number of piperidine rings is 2. The Morgan fingerprint density at radius 1 is 0.462 bits per heavy atom. The minimum atomic E-state index is 0. The summed E-state index contributed by atoms with van der Waals surface area (Å²) in [4.78, 5) is 0. The van der Waals surface area contributed by atoms with Crippen LogP contribution >= 0.6 is 0 Å². The van der Waals surface area contributed by atoms with Crippen LogP contribution < -0.4 is 0 Å². The van der Waals surface area contributed by atoms with Crippen molar-refractivity contribution in [3.8, 4) is 0 Å². The summed E-state index contributed by atoms with van der Waals surface area (Å²) in [7, 11) is 0. The molecule has 2 aliphatic heterocycles. The molecule has 0 N–H and O–H groups in total. The minimum absolute atomic E-state index is 0. The van der Waals surface area contributed by atoms with E-state index in [9.17, 15) is 0 Å². The van der Waals surface area contributed by atoms with Gasteiger partial charge in [0.2, 0.25) is 0 Å². The van der Waals surface area contributed by atoms with Gasteiger partial charge >= 0.3 is 21.1 Å². The molecular formula is C10H20N2W. The summed E-state index contributed by atoms with van der Waals surface area (Å²) < 4.78 is 0. The van der Waals surface area contributed by atoms with Crippen molar-refractivity contribution in [3.05, 3.63) is 10.6 Å². The molecule has 13 heavy (non-hydrogen) atoms. The first kappa shape index (κ1) is 13.6. The molecule has 2 fully saturated rings. The van der Waals surface area contributed by atoms with Crippen molar-refractivity contribution in [1.82, 2.24) is 0 Å². The number of nitrogens with zero attached hydrogens (tertiary/aromatic N) is 2. The molecule has 0 aromatic carbocycles. The number of rotatable bonds is 0. The Balaban J connectivity index is 0.000000206. The fourth-order valence-corrected chi connectivity index (χ4v) is 1.47. The van der Waals surface area contributed by atoms with Gasteiger partial charge in [-0.15, -0.1) is 26.2 Å². The maximum Gasteiger partial charge on any atom is 2.00 e. The van der Waals surface area contributed by atoms with Crippen molar-refractivity contribution in [3.63, 3.8) is 0 Å². The Morgan fingerprint density at radius 2 is 0.769 bits per heavy atom. The molecule has 0 atom stereocenters. The monoisotopic (exact) mass is 352 g/mol. The van der Waals surface area contributed by atoms with Crippen LogP contribution in [0, 0.1) is 0 Å². The van der Waals surface area contributed by atoms with Crippen LogP contribution in [0.4, 0.5) is 0 Å². The third kappa shape index (κ3) is 8.93. The molecule has 0 unspecified atom stereocenters. The maximum absolute atomic E-state index is 4.18. The van der Waals surface area contributed by atoms with Crippen LogP contribution in [0.3, 0.4) is 0 Å². The third-order valence-corrected chi connectivity index (χ3v) is 2.26. The molecule has 0 amide bonds. The summed E-state index contributed by atoms with van der Waals surface area (Å²) in [5, 5.41) is 8.35. The fraction of sp³-hybridized carbons (Fsp3) is 1.00. The third-order valence-electron chi connectivity index (χ3n) is 2.26. The predicted octanol–water partition coefficient (Wildman–Crippen LogP) is 3.09. The van der Waals surface area contributed by atoms with Crippen LogP contribution in [0.1, 0.15) is 38.5 Å². The summed E-state index contributed by atoms with van der Waals surface area (Å²) in [6.45, 7) is 4.50. The molecule has 0 radical (unpaired) electrons. The summed E-state index contributed by atoms with van der Waals surface area (Å²) in [5.41, 5.74) is 0. The fourth-order valence-electron chi connectivity index (χ4n) is 1.47. The van der Waals surface area contributed by atoms with Gasteiger partial charge in [-0.1, -0.05) is 38.5 Å². The van der Waals surface area contributed by atoms with E-state index in [4.69, 9.17) is 0 Å². The second-order valence-corrected chi connectivity index (χ2v) is 3.46. The SMILES string of the molecule is C1CC[N-]CC1.C1CC[N-]CC1.[W+2]. The number of hydrogen-bond acceptors (Lipinski definition) is 0. The Bertz CT molecular complexity index is 55.9. The van der Waals surface area contributed by atoms with Crippen LogP contribution in [-0.4, -0.2) is 26.2 Å². The van der Waals surface area contributed by atoms with Gasteiger partial charge in [0.15, 0.2) is 0 Å². The van der Waals surface area contributed by atoms with Gasteiger partial charge in [0.05, 0.1) is 0 Å². The van der Waals surface area contributed by atoms with Crippen molar-refractivity contribution < 1.29 is 21.1 Å². The van der Waals surface area contributed by atoms with Gasteiger partial charge in [0.1, 0.15) is 0 Å². The molecule has 0 aromatic heterocycles. The van der Waals surface area contributed by atoms with Gasteiger partial charge in [0.25, 0.3) is 0 Å². The minimum Gasteiger partial charge on any atom is -0.662 e. The largest absolute Gasteiger partial charge is 2.00 e. The topological polar surface area (TPSA) is 28.2 Å². The van der Waals surface area contributed by atoms with Gasteiger partial charge in [-0.2, -0.15) is 0 Å². The standard InChI is InChI=1S/2C5H10N.W/c2*1-2-4-6-5-3-1;/h2*1-5H2;/q2*-1;+2. The molecular weight excluding hydrogens is 332 g/mol. The number of hydrogen-bond donors (Lipinski definition) is 0. The molecule has 3 heteroatoms. The van der Waals surface area contributed by atoms with Gasteiger partial charge in [-0.3, -0.25) is 0 Å². The van der Waals surface area contributed by atoms with E-state index in [0.717, 1.165) is 26.2 Å². The van der Waals surface area contributed by atoms with Crippen molar-refractivity contribution in [2.75, 3.05) is 26.2 Å². The van der Waals surface area contributed by atoms with Gasteiger partial charge in [0, 0.05) is 0 Å². The quantitative estimate of drug-likeness (QED) is 0.641. The molecule has 0 bridgehead atoms. The molecule has 2 saturated heterocycles. The van der Waals surface area contributed by atoms with Crippen molar-refractivity contribution >= 4 is 0 Å². The molecule has 2 heterocycles. The van der Waals surface area contributed by atoms with E-state index < -0.39 is 0 Å². The van der Waals surface area contributed by atoms with E-state index in [1.54, 1.807) is 0 Å². The molecule has 76 valence electrons. The van der Waals surface area contributed by atoms with E-state index in [1.807, 2.05) is 0 Å². The Kier molecular flexibility index (Phi) is 11.2. The molecule has 0 aliphatic carbocycles. The van der Waals surface area contributed by atoms with E-state index in [1.165, 1.54) is 38.5 Å². The predicted molar refractivity (Wildman–Crippen MR) is 53.9 cm³/mol. The summed E-state index contributed by atoms with van der Waals surface area (Å²) in [6, 6.07) is 0. The second-order valence-electron chi connectivity index (χ2n) is 3.46. The van der Waals surface area contributed by atoms with Crippen molar-refractivity contribution in [2.45, 2.75) is 38.5 Å². The molecule has 2 rings (SSSR count). The van der Waals surface area contributed by atoms with E-state index in [0.29, 0.717) is 0 Å². The van der Waals surface area contributed by atoms with E-state index in [-0.39, 0.29) is 21.1 Å². The smallest absolute Gasteiger partial charge is 0.662 e. The summed E-state index contributed by atoms with van der Waals surface area (Å²) in [5.74, 6) is 0. The molecule has 2 aliphatic rings. The molecule has 0 aromatic rings. The van der Waals surface area contributed by atoms with E-state index in [2.05, 4.69) is 10.6 Å². The first-order valence-corrected chi connectivity index (χ1v) is 5.26. The molecule has 0 spiro atoms. The van der Waals surface area contributed by atoms with Gasteiger partial charge in [-0.25, -0.2) is 0 Å². The van der Waals surface area contributed by atoms with Crippen LogP contribution in [0.15, 0.2) is 0 Å². The normalized spacial score (nSPS) is 22.2. The second kappa shape index (κ2) is 10.7. The Labute approximate surface area is 96.5 Å². The summed E-state index contributed by atoms with van der Waals surface area (Å²) >= 11 is 0. The molecule has 2 nitrogen and oxygen atoms in total. The zero-order valence-corrected chi connectivity index (χ0v) is 11.3. The maximum atomic E-state index is 4.18. The average molecular weight is 352 g/mol. The van der Waals surface area contributed by atoms with Crippen LogP contribution in [0.25, 0.3) is 10.6 Å². The first-order valence-electron chi connectivity index (χ1n) is 5.26. The zero-order chi connectivity index (χ0) is 8.49. The zero-order valence-electron chi connectivity index (χ0n) is 8.37. The average Bonchev–Trinajstić information content (AvgIpc) is 2.24. The molecule has 0 saturated carbocycles. The van der Waals surface area contributed by atoms with Crippen LogP contribution in [-0.2, 0) is 21.1 Å². The van der Waals surface area contributed by atoms with Crippen LogP contribution in [0.5, 0.6) is 0 Å². The van der Waals surface area contributed by atoms with Crippen LogP contribution in [0.2, 0.25) is 0 Å². The van der Waals surface area contributed by atoms with Crippen molar-refractivity contribution in [1.29, 1.82) is 0 Å². The Hall–Kier alpha value is 0.608. The van der Waals surface area contributed by atoms with Gasteiger partial charge in [-0.05, 0) is 0 Å². The summed E-state index contributed by atoms with van der Waals surface area (Å²) in [6.07, 6.45) is 8.15. The Morgan fingerprint density at radius 3 is 0.846 bits per heavy atom. The van der Waals surface area contributed by atoms with E-state index >= 15 is 0 Å². The van der Waals surface area contributed by atoms with Crippen molar-refractivity contribution in [2.24, 2.45) is 0 Å². The van der Waals surface area contributed by atoms with Gasteiger partial charge < -0.3 is 10.6 Å².